The Kier molecular flexibility index (Phi) is 4.52. The quantitative estimate of drug-likeness (QED) is 0.781. The first-order chi connectivity index (χ1) is 11.2. The van der Waals surface area contributed by atoms with Crippen molar-refractivity contribution in [3.05, 3.63) is 47.6 Å². The Morgan fingerprint density at radius 2 is 2.04 bits per heavy atom. The molecule has 2 heterocycles. The molecule has 0 bridgehead atoms. The second-order valence-corrected chi connectivity index (χ2v) is 6.26. The monoisotopic (exact) mass is 326 g/mol. The first kappa shape index (κ1) is 15.4. The molecule has 23 heavy (non-hydrogen) atoms. The molecule has 0 spiro atoms. The maximum absolute atomic E-state index is 12.3. The standard InChI is InChI=1S/C17H18N4OS/c1-3-13-9-14-16(19-11-20-17(14)23-13)18-10-15(22)21(2)12-7-5-4-6-8-12/h4-9,11H,3,10H2,1-2H3,(H,18,19,20). The number of anilines is 2. The van der Waals surface area contributed by atoms with Gasteiger partial charge in [-0.2, -0.15) is 0 Å². The van der Waals surface area contributed by atoms with Gasteiger partial charge in [-0.3, -0.25) is 4.79 Å². The van der Waals surface area contributed by atoms with Crippen molar-refractivity contribution in [3.63, 3.8) is 0 Å². The van der Waals surface area contributed by atoms with E-state index < -0.39 is 0 Å². The zero-order chi connectivity index (χ0) is 16.2. The van der Waals surface area contributed by atoms with Crippen LogP contribution in [0.1, 0.15) is 11.8 Å². The Bertz CT molecular complexity index is 816. The summed E-state index contributed by atoms with van der Waals surface area (Å²) < 4.78 is 0. The van der Waals surface area contributed by atoms with Crippen LogP contribution in [0.3, 0.4) is 0 Å². The smallest absolute Gasteiger partial charge is 0.246 e. The lowest BCUT2D eigenvalue weighted by atomic mass is 10.3. The summed E-state index contributed by atoms with van der Waals surface area (Å²) in [7, 11) is 1.77. The summed E-state index contributed by atoms with van der Waals surface area (Å²) in [5.74, 6) is 0.690. The van der Waals surface area contributed by atoms with E-state index in [9.17, 15) is 4.79 Å². The fourth-order valence-corrected chi connectivity index (χ4v) is 3.23. The third-order valence-electron chi connectivity index (χ3n) is 3.65. The topological polar surface area (TPSA) is 58.1 Å². The molecule has 1 aromatic carbocycles. The van der Waals surface area contributed by atoms with Gasteiger partial charge >= 0.3 is 0 Å². The number of benzene rings is 1. The van der Waals surface area contributed by atoms with Gasteiger partial charge in [-0.25, -0.2) is 9.97 Å². The lowest BCUT2D eigenvalue weighted by molar-refractivity contribution is -0.116. The van der Waals surface area contributed by atoms with Gasteiger partial charge in [0.25, 0.3) is 0 Å². The highest BCUT2D eigenvalue weighted by Crippen LogP contribution is 2.28. The summed E-state index contributed by atoms with van der Waals surface area (Å²) in [6.45, 7) is 2.30. The van der Waals surface area contributed by atoms with Crippen LogP contribution in [0.2, 0.25) is 0 Å². The van der Waals surface area contributed by atoms with Crippen LogP contribution in [0, 0.1) is 0 Å². The molecule has 3 aromatic rings. The Labute approximate surface area is 139 Å². The van der Waals surface area contributed by atoms with E-state index in [1.165, 1.54) is 11.2 Å². The zero-order valence-corrected chi connectivity index (χ0v) is 13.9. The Balaban J connectivity index is 1.73. The molecule has 0 aliphatic carbocycles. The molecule has 2 aromatic heterocycles. The maximum atomic E-state index is 12.3. The van der Waals surface area contributed by atoms with Crippen molar-refractivity contribution in [1.82, 2.24) is 9.97 Å². The minimum Gasteiger partial charge on any atom is -0.360 e. The predicted octanol–water partition coefficient (Wildman–Crippen LogP) is 3.33. The van der Waals surface area contributed by atoms with Crippen molar-refractivity contribution < 1.29 is 4.79 Å². The fraction of sp³-hybridized carbons (Fsp3) is 0.235. The second-order valence-electron chi connectivity index (χ2n) is 5.15. The van der Waals surface area contributed by atoms with Crippen molar-refractivity contribution in [2.75, 3.05) is 23.8 Å². The van der Waals surface area contributed by atoms with Crippen molar-refractivity contribution in [3.8, 4) is 0 Å². The van der Waals surface area contributed by atoms with Crippen LogP contribution in [0.5, 0.6) is 0 Å². The summed E-state index contributed by atoms with van der Waals surface area (Å²) in [5, 5.41) is 4.12. The fourth-order valence-electron chi connectivity index (χ4n) is 2.29. The Hall–Kier alpha value is -2.47. The van der Waals surface area contributed by atoms with Crippen LogP contribution in [-0.2, 0) is 11.2 Å². The largest absolute Gasteiger partial charge is 0.360 e. The number of likely N-dealkylation sites (N-methyl/N-ethyl adjacent to an activating group) is 1. The maximum Gasteiger partial charge on any atom is 0.246 e. The predicted molar refractivity (Wildman–Crippen MR) is 95.1 cm³/mol. The van der Waals surface area contributed by atoms with Gasteiger partial charge in [-0.05, 0) is 24.6 Å². The molecule has 0 atom stereocenters. The number of amides is 1. The third kappa shape index (κ3) is 3.32. The number of nitrogens with zero attached hydrogens (tertiary/aromatic N) is 3. The average Bonchev–Trinajstić information content (AvgIpc) is 3.03. The van der Waals surface area contributed by atoms with E-state index in [-0.39, 0.29) is 12.5 Å². The lowest BCUT2D eigenvalue weighted by Gasteiger charge is -2.17. The van der Waals surface area contributed by atoms with Crippen molar-refractivity contribution >= 4 is 39.0 Å². The molecular formula is C17H18N4OS. The second kappa shape index (κ2) is 6.75. The van der Waals surface area contributed by atoms with E-state index in [2.05, 4.69) is 28.3 Å². The molecule has 0 aliphatic rings. The number of aryl methyl sites for hydroxylation is 1. The van der Waals surface area contributed by atoms with E-state index in [0.29, 0.717) is 5.82 Å². The number of hydrogen-bond acceptors (Lipinski definition) is 5. The van der Waals surface area contributed by atoms with Crippen molar-refractivity contribution in [1.29, 1.82) is 0 Å². The van der Waals surface area contributed by atoms with E-state index in [1.54, 1.807) is 23.3 Å². The van der Waals surface area contributed by atoms with Crippen LogP contribution in [0.4, 0.5) is 11.5 Å². The molecule has 0 unspecified atom stereocenters. The third-order valence-corrected chi connectivity index (χ3v) is 4.84. The molecule has 0 fully saturated rings. The number of nitrogens with one attached hydrogen (secondary N) is 1. The minimum atomic E-state index is -0.0195. The molecule has 118 valence electrons. The summed E-state index contributed by atoms with van der Waals surface area (Å²) in [6, 6.07) is 11.7. The van der Waals surface area contributed by atoms with Crippen molar-refractivity contribution in [2.45, 2.75) is 13.3 Å². The Morgan fingerprint density at radius 3 is 2.78 bits per heavy atom. The number of carbonyl (C=O) groups is 1. The summed E-state index contributed by atoms with van der Waals surface area (Å²) in [5.41, 5.74) is 0.871. The SMILES string of the molecule is CCc1cc2c(NCC(=O)N(C)c3ccccc3)ncnc2s1. The number of fused-ring (bicyclic) bond motifs is 1. The van der Waals surface area contributed by atoms with E-state index in [1.807, 2.05) is 30.3 Å². The summed E-state index contributed by atoms with van der Waals surface area (Å²) >= 11 is 1.66. The number of hydrogen-bond donors (Lipinski definition) is 1. The Morgan fingerprint density at radius 1 is 1.26 bits per heavy atom. The highest BCUT2D eigenvalue weighted by Gasteiger charge is 2.12. The first-order valence-corrected chi connectivity index (χ1v) is 8.29. The van der Waals surface area contributed by atoms with Gasteiger partial charge in [0.1, 0.15) is 17.0 Å². The van der Waals surface area contributed by atoms with Crippen LogP contribution in [0.25, 0.3) is 10.2 Å². The summed E-state index contributed by atoms with van der Waals surface area (Å²) in [6.07, 6.45) is 2.50. The molecule has 0 saturated carbocycles. The molecule has 3 rings (SSSR count). The molecule has 1 N–H and O–H groups in total. The molecular weight excluding hydrogens is 308 g/mol. The number of aromatic nitrogens is 2. The van der Waals surface area contributed by atoms with E-state index in [0.717, 1.165) is 22.3 Å². The molecule has 1 amide bonds. The summed E-state index contributed by atoms with van der Waals surface area (Å²) in [4.78, 5) is 24.7. The molecule has 0 saturated heterocycles. The first-order valence-electron chi connectivity index (χ1n) is 7.48. The molecule has 0 aliphatic heterocycles. The average molecular weight is 326 g/mol. The highest BCUT2D eigenvalue weighted by molar-refractivity contribution is 7.18. The number of thiophene rings is 1. The van der Waals surface area contributed by atoms with E-state index >= 15 is 0 Å². The van der Waals surface area contributed by atoms with Crippen LogP contribution < -0.4 is 10.2 Å². The van der Waals surface area contributed by atoms with Gasteiger partial charge in [-0.1, -0.05) is 25.1 Å². The van der Waals surface area contributed by atoms with E-state index in [4.69, 9.17) is 0 Å². The minimum absolute atomic E-state index is 0.0195. The van der Waals surface area contributed by atoms with Gasteiger partial charge in [0.15, 0.2) is 0 Å². The normalized spacial score (nSPS) is 10.7. The van der Waals surface area contributed by atoms with Gasteiger partial charge in [0.05, 0.1) is 11.9 Å². The van der Waals surface area contributed by atoms with Crippen molar-refractivity contribution in [2.24, 2.45) is 0 Å². The van der Waals surface area contributed by atoms with Crippen LogP contribution in [-0.4, -0.2) is 29.5 Å². The number of carbonyl (C=O) groups excluding carboxylic acids is 1. The number of rotatable bonds is 5. The van der Waals surface area contributed by atoms with Gasteiger partial charge in [0, 0.05) is 17.6 Å². The van der Waals surface area contributed by atoms with Gasteiger partial charge in [-0.15, -0.1) is 11.3 Å². The molecule has 5 nitrogen and oxygen atoms in total. The van der Waals surface area contributed by atoms with Gasteiger partial charge < -0.3 is 10.2 Å². The molecule has 6 heteroatoms. The number of para-hydroxylation sites is 1. The zero-order valence-electron chi connectivity index (χ0n) is 13.1. The highest BCUT2D eigenvalue weighted by atomic mass is 32.1. The van der Waals surface area contributed by atoms with Crippen LogP contribution >= 0.6 is 11.3 Å². The van der Waals surface area contributed by atoms with Crippen LogP contribution in [0.15, 0.2) is 42.7 Å². The van der Waals surface area contributed by atoms with Gasteiger partial charge in [0.2, 0.25) is 5.91 Å². The molecule has 0 radical (unpaired) electrons. The lowest BCUT2D eigenvalue weighted by Crippen LogP contribution is -2.32.